The Morgan fingerprint density at radius 1 is 0.800 bits per heavy atom. The second-order valence-electron chi connectivity index (χ2n) is 4.42. The SMILES string of the molecule is O=CCOCCCCCOCCCCCOCC(=O)O. The molecule has 0 aromatic heterocycles. The minimum absolute atomic E-state index is 0.187. The number of carbonyl (C=O) groups is 2. The molecule has 6 nitrogen and oxygen atoms in total. The first-order valence-electron chi connectivity index (χ1n) is 7.16. The van der Waals surface area contributed by atoms with Gasteiger partial charge in [0, 0.05) is 26.4 Å². The van der Waals surface area contributed by atoms with Crippen LogP contribution < -0.4 is 0 Å². The molecule has 0 unspecified atom stereocenters. The van der Waals surface area contributed by atoms with E-state index in [2.05, 4.69) is 0 Å². The molecule has 0 spiro atoms. The first-order chi connectivity index (χ1) is 9.77. The molecule has 0 saturated heterocycles. The Labute approximate surface area is 120 Å². The van der Waals surface area contributed by atoms with Gasteiger partial charge >= 0.3 is 5.97 Å². The van der Waals surface area contributed by atoms with E-state index in [-0.39, 0.29) is 13.2 Å². The van der Waals surface area contributed by atoms with Crippen molar-refractivity contribution in [2.75, 3.05) is 39.6 Å². The topological polar surface area (TPSA) is 82.1 Å². The number of hydrogen-bond acceptors (Lipinski definition) is 5. The van der Waals surface area contributed by atoms with Crippen LogP contribution in [0.15, 0.2) is 0 Å². The van der Waals surface area contributed by atoms with Crippen LogP contribution in [0.4, 0.5) is 0 Å². The maximum Gasteiger partial charge on any atom is 0.329 e. The molecule has 6 heteroatoms. The predicted octanol–water partition coefficient (Wildman–Crippen LogP) is 1.66. The smallest absolute Gasteiger partial charge is 0.329 e. The van der Waals surface area contributed by atoms with Gasteiger partial charge in [0.2, 0.25) is 0 Å². The van der Waals surface area contributed by atoms with E-state index in [0.717, 1.165) is 58.0 Å². The number of hydrogen-bond donors (Lipinski definition) is 1. The molecule has 0 aliphatic carbocycles. The van der Waals surface area contributed by atoms with E-state index in [4.69, 9.17) is 19.3 Å². The summed E-state index contributed by atoms with van der Waals surface area (Å²) in [5.74, 6) is -0.926. The Morgan fingerprint density at radius 2 is 1.30 bits per heavy atom. The van der Waals surface area contributed by atoms with Gasteiger partial charge in [-0.05, 0) is 38.5 Å². The van der Waals surface area contributed by atoms with Crippen molar-refractivity contribution in [3.63, 3.8) is 0 Å². The van der Waals surface area contributed by atoms with Crippen LogP contribution in [0.1, 0.15) is 38.5 Å². The van der Waals surface area contributed by atoms with Crippen LogP contribution in [-0.2, 0) is 23.8 Å². The maximum atomic E-state index is 10.2. The van der Waals surface area contributed by atoms with Gasteiger partial charge in [-0.15, -0.1) is 0 Å². The summed E-state index contributed by atoms with van der Waals surface area (Å²) in [6.45, 7) is 2.59. The van der Waals surface area contributed by atoms with Crippen LogP contribution in [0.3, 0.4) is 0 Å². The summed E-state index contributed by atoms with van der Waals surface area (Å²) in [6.07, 6.45) is 6.59. The van der Waals surface area contributed by atoms with Gasteiger partial charge in [0.05, 0.1) is 0 Å². The molecule has 0 aliphatic heterocycles. The Balaban J connectivity index is 2.95. The van der Waals surface area contributed by atoms with Gasteiger partial charge < -0.3 is 24.1 Å². The molecule has 0 saturated carbocycles. The Bertz CT molecular complexity index is 232. The molecular formula is C14H26O6. The molecular weight excluding hydrogens is 264 g/mol. The molecule has 20 heavy (non-hydrogen) atoms. The maximum absolute atomic E-state index is 10.2. The molecule has 0 atom stereocenters. The molecule has 0 fully saturated rings. The van der Waals surface area contributed by atoms with E-state index < -0.39 is 5.97 Å². The third-order valence-corrected chi connectivity index (χ3v) is 2.57. The van der Waals surface area contributed by atoms with Crippen LogP contribution in [0.2, 0.25) is 0 Å². The highest BCUT2D eigenvalue weighted by Crippen LogP contribution is 2.00. The third-order valence-electron chi connectivity index (χ3n) is 2.57. The minimum Gasteiger partial charge on any atom is -0.480 e. The number of rotatable bonds is 16. The Hall–Kier alpha value is -0.980. The monoisotopic (exact) mass is 290 g/mol. The van der Waals surface area contributed by atoms with Gasteiger partial charge in [-0.1, -0.05) is 0 Å². The zero-order chi connectivity index (χ0) is 14.9. The first kappa shape index (κ1) is 19.0. The van der Waals surface area contributed by atoms with E-state index in [1.807, 2.05) is 0 Å². The molecule has 0 rings (SSSR count). The lowest BCUT2D eigenvalue weighted by Crippen LogP contribution is -2.07. The van der Waals surface area contributed by atoms with Crippen molar-refractivity contribution < 1.29 is 28.9 Å². The predicted molar refractivity (Wildman–Crippen MR) is 73.9 cm³/mol. The van der Waals surface area contributed by atoms with E-state index in [1.54, 1.807) is 0 Å². The van der Waals surface area contributed by atoms with Crippen molar-refractivity contribution >= 4 is 12.3 Å². The summed E-state index contributed by atoms with van der Waals surface area (Å²) in [5, 5.41) is 8.35. The van der Waals surface area contributed by atoms with Crippen LogP contribution in [0.25, 0.3) is 0 Å². The standard InChI is InChI=1S/C14H26O6/c15-7-12-19-10-5-1-3-8-18-9-4-2-6-11-20-13-14(16)17/h7H,1-6,8-13H2,(H,16,17). The van der Waals surface area contributed by atoms with Crippen molar-refractivity contribution in [3.8, 4) is 0 Å². The molecule has 0 aromatic rings. The lowest BCUT2D eigenvalue weighted by molar-refractivity contribution is -0.142. The van der Waals surface area contributed by atoms with E-state index in [9.17, 15) is 9.59 Å². The van der Waals surface area contributed by atoms with Gasteiger partial charge in [0.25, 0.3) is 0 Å². The van der Waals surface area contributed by atoms with Gasteiger partial charge in [-0.25, -0.2) is 4.79 Å². The van der Waals surface area contributed by atoms with Crippen molar-refractivity contribution in [3.05, 3.63) is 0 Å². The van der Waals surface area contributed by atoms with Crippen molar-refractivity contribution in [2.45, 2.75) is 38.5 Å². The first-order valence-corrected chi connectivity index (χ1v) is 7.16. The fraction of sp³-hybridized carbons (Fsp3) is 0.857. The van der Waals surface area contributed by atoms with Gasteiger partial charge in [0.15, 0.2) is 0 Å². The lowest BCUT2D eigenvalue weighted by Gasteiger charge is -2.05. The number of aliphatic carboxylic acids is 1. The number of unbranched alkanes of at least 4 members (excludes halogenated alkanes) is 4. The lowest BCUT2D eigenvalue weighted by atomic mass is 10.2. The molecule has 0 radical (unpaired) electrons. The highest BCUT2D eigenvalue weighted by molar-refractivity contribution is 5.67. The van der Waals surface area contributed by atoms with Crippen molar-refractivity contribution in [1.82, 2.24) is 0 Å². The van der Waals surface area contributed by atoms with E-state index in [0.29, 0.717) is 13.2 Å². The second kappa shape index (κ2) is 16.1. The van der Waals surface area contributed by atoms with Crippen molar-refractivity contribution in [1.29, 1.82) is 0 Å². The number of carboxylic acids is 1. The van der Waals surface area contributed by atoms with Gasteiger partial charge in [-0.3, -0.25) is 0 Å². The zero-order valence-electron chi connectivity index (χ0n) is 12.1. The summed E-state index contributed by atoms with van der Waals surface area (Å²) in [6, 6.07) is 0. The zero-order valence-corrected chi connectivity index (χ0v) is 12.1. The summed E-state index contributed by atoms with van der Waals surface area (Å²) in [5.41, 5.74) is 0. The summed E-state index contributed by atoms with van der Waals surface area (Å²) in [7, 11) is 0. The van der Waals surface area contributed by atoms with Gasteiger partial charge in [-0.2, -0.15) is 0 Å². The molecule has 0 aromatic carbocycles. The molecule has 0 heterocycles. The highest BCUT2D eigenvalue weighted by Gasteiger charge is 1.96. The highest BCUT2D eigenvalue weighted by atomic mass is 16.5. The quantitative estimate of drug-likeness (QED) is 0.344. The van der Waals surface area contributed by atoms with Crippen LogP contribution in [0.5, 0.6) is 0 Å². The number of aldehydes is 1. The average Bonchev–Trinajstić information content (AvgIpc) is 2.43. The Morgan fingerprint density at radius 3 is 1.80 bits per heavy atom. The van der Waals surface area contributed by atoms with Crippen LogP contribution in [-0.4, -0.2) is 57.0 Å². The molecule has 0 bridgehead atoms. The fourth-order valence-corrected chi connectivity index (χ4v) is 1.56. The summed E-state index contributed by atoms with van der Waals surface area (Å²) in [4.78, 5) is 20.1. The summed E-state index contributed by atoms with van der Waals surface area (Å²) < 4.78 is 15.4. The average molecular weight is 290 g/mol. The largest absolute Gasteiger partial charge is 0.480 e. The van der Waals surface area contributed by atoms with Crippen LogP contribution in [0, 0.1) is 0 Å². The van der Waals surface area contributed by atoms with Crippen molar-refractivity contribution in [2.24, 2.45) is 0 Å². The fourth-order valence-electron chi connectivity index (χ4n) is 1.56. The molecule has 0 aliphatic rings. The number of carbonyl (C=O) groups excluding carboxylic acids is 1. The van der Waals surface area contributed by atoms with E-state index >= 15 is 0 Å². The van der Waals surface area contributed by atoms with E-state index in [1.165, 1.54) is 0 Å². The molecule has 1 N–H and O–H groups in total. The van der Waals surface area contributed by atoms with Gasteiger partial charge in [0.1, 0.15) is 19.5 Å². The number of carboxylic acid groups (broad SMARTS) is 1. The Kier molecular flexibility index (Phi) is 15.3. The second-order valence-corrected chi connectivity index (χ2v) is 4.42. The van der Waals surface area contributed by atoms with Crippen LogP contribution >= 0.6 is 0 Å². The third kappa shape index (κ3) is 17.0. The summed E-state index contributed by atoms with van der Waals surface area (Å²) >= 11 is 0. The normalized spacial score (nSPS) is 10.6. The molecule has 0 amide bonds. The molecule has 118 valence electrons. The minimum atomic E-state index is -0.926. The number of ether oxygens (including phenoxy) is 3.